The zero-order valence-corrected chi connectivity index (χ0v) is 11.2. The lowest BCUT2D eigenvalue weighted by Crippen LogP contribution is -2.41. The predicted octanol–water partition coefficient (Wildman–Crippen LogP) is 2.90. The number of piperidine rings is 1. The molecule has 0 aliphatic carbocycles. The average molecular weight is 260 g/mol. The Hall–Kier alpha value is -1.89. The van der Waals surface area contributed by atoms with Crippen LogP contribution in [0.1, 0.15) is 35.7 Å². The number of aryl methyl sites for hydroxylation is 1. The normalized spacial score (nSPS) is 17.9. The molecule has 1 heterocycles. The zero-order chi connectivity index (χ0) is 14.0. The largest absolute Gasteiger partial charge is 0.339 e. The van der Waals surface area contributed by atoms with Crippen molar-refractivity contribution in [2.75, 3.05) is 13.1 Å². The van der Waals surface area contributed by atoms with Crippen LogP contribution in [0.15, 0.2) is 18.2 Å². The second kappa shape index (κ2) is 5.00. The van der Waals surface area contributed by atoms with Gasteiger partial charge in [0, 0.05) is 18.7 Å². The van der Waals surface area contributed by atoms with Crippen LogP contribution in [0, 0.1) is 29.5 Å². The van der Waals surface area contributed by atoms with E-state index in [-0.39, 0.29) is 17.1 Å². The molecule has 1 aromatic rings. The Morgan fingerprint density at radius 1 is 1.42 bits per heavy atom. The monoisotopic (exact) mass is 260 g/mol. The summed E-state index contributed by atoms with van der Waals surface area (Å²) in [5.41, 5.74) is 0.666. The summed E-state index contributed by atoms with van der Waals surface area (Å²) in [7, 11) is 0. The number of nitrogens with zero attached hydrogens (tertiary/aromatic N) is 2. The molecule has 0 radical (unpaired) electrons. The third-order valence-corrected chi connectivity index (χ3v) is 3.83. The number of amides is 1. The average Bonchev–Trinajstić information content (AvgIpc) is 2.42. The van der Waals surface area contributed by atoms with Gasteiger partial charge in [0.2, 0.25) is 0 Å². The van der Waals surface area contributed by atoms with Crippen LogP contribution in [0.3, 0.4) is 0 Å². The van der Waals surface area contributed by atoms with Crippen LogP contribution in [0.25, 0.3) is 0 Å². The summed E-state index contributed by atoms with van der Waals surface area (Å²) in [4.78, 5) is 14.0. The van der Waals surface area contributed by atoms with Crippen LogP contribution < -0.4 is 0 Å². The van der Waals surface area contributed by atoms with Gasteiger partial charge in [-0.1, -0.05) is 0 Å². The second-order valence-electron chi connectivity index (χ2n) is 5.43. The van der Waals surface area contributed by atoms with Crippen LogP contribution >= 0.6 is 0 Å². The van der Waals surface area contributed by atoms with Crippen molar-refractivity contribution in [2.24, 2.45) is 5.41 Å². The molecule has 1 aliphatic rings. The molecule has 19 heavy (non-hydrogen) atoms. The number of halogens is 1. The lowest BCUT2D eigenvalue weighted by Gasteiger charge is -2.35. The third-order valence-electron chi connectivity index (χ3n) is 3.83. The minimum atomic E-state index is -0.324. The number of nitriles is 1. The van der Waals surface area contributed by atoms with E-state index in [1.807, 2.05) is 6.92 Å². The lowest BCUT2D eigenvalue weighted by atomic mass is 9.82. The molecular formula is C15H17FN2O. The van der Waals surface area contributed by atoms with E-state index in [9.17, 15) is 9.18 Å². The molecule has 0 saturated carbocycles. The maximum Gasteiger partial charge on any atom is 0.253 e. The van der Waals surface area contributed by atoms with E-state index in [0.29, 0.717) is 37.1 Å². The van der Waals surface area contributed by atoms with Gasteiger partial charge < -0.3 is 4.90 Å². The van der Waals surface area contributed by atoms with Crippen LogP contribution in [-0.2, 0) is 0 Å². The molecule has 0 atom stereocenters. The van der Waals surface area contributed by atoms with E-state index in [1.54, 1.807) is 17.9 Å². The van der Waals surface area contributed by atoms with Crippen molar-refractivity contribution >= 4 is 5.91 Å². The van der Waals surface area contributed by atoms with Gasteiger partial charge in [0.25, 0.3) is 5.91 Å². The predicted molar refractivity (Wildman–Crippen MR) is 70.0 cm³/mol. The van der Waals surface area contributed by atoms with Crippen LogP contribution in [0.4, 0.5) is 4.39 Å². The molecule has 3 nitrogen and oxygen atoms in total. The van der Waals surface area contributed by atoms with Gasteiger partial charge in [-0.25, -0.2) is 4.39 Å². The maximum absolute atomic E-state index is 13.2. The number of likely N-dealkylation sites (tertiary alicyclic amines) is 1. The van der Waals surface area contributed by atoms with Gasteiger partial charge in [-0.3, -0.25) is 4.79 Å². The number of benzene rings is 1. The molecular weight excluding hydrogens is 243 g/mol. The Labute approximate surface area is 112 Å². The summed E-state index contributed by atoms with van der Waals surface area (Å²) >= 11 is 0. The molecule has 100 valence electrons. The van der Waals surface area contributed by atoms with Crippen LogP contribution in [0.2, 0.25) is 0 Å². The summed E-state index contributed by atoms with van der Waals surface area (Å²) in [5, 5.41) is 9.06. The highest BCUT2D eigenvalue weighted by Gasteiger charge is 2.32. The quantitative estimate of drug-likeness (QED) is 0.779. The van der Waals surface area contributed by atoms with E-state index in [0.717, 1.165) is 0 Å². The van der Waals surface area contributed by atoms with E-state index in [4.69, 9.17) is 5.26 Å². The number of carbonyl (C=O) groups excluding carboxylic acids is 1. The molecule has 0 unspecified atom stereocenters. The SMILES string of the molecule is Cc1cc(C(=O)N2CCC(C)(C#N)CC2)ccc1F. The Morgan fingerprint density at radius 3 is 2.58 bits per heavy atom. The summed E-state index contributed by atoms with van der Waals surface area (Å²) in [5.74, 6) is -0.379. The van der Waals surface area contributed by atoms with Crippen LogP contribution in [0.5, 0.6) is 0 Å². The van der Waals surface area contributed by atoms with E-state index >= 15 is 0 Å². The first-order chi connectivity index (χ1) is 8.95. The topological polar surface area (TPSA) is 44.1 Å². The Morgan fingerprint density at radius 2 is 2.05 bits per heavy atom. The highest BCUT2D eigenvalue weighted by molar-refractivity contribution is 5.94. The molecule has 4 heteroatoms. The van der Waals surface area contributed by atoms with Crippen LogP contribution in [-0.4, -0.2) is 23.9 Å². The third kappa shape index (κ3) is 2.76. The molecule has 1 fully saturated rings. The minimum absolute atomic E-state index is 0.0805. The summed E-state index contributed by atoms with van der Waals surface area (Å²) in [6.45, 7) is 4.74. The van der Waals surface area contributed by atoms with Gasteiger partial charge in [0.1, 0.15) is 5.82 Å². The number of rotatable bonds is 1. The van der Waals surface area contributed by atoms with E-state index < -0.39 is 0 Å². The Balaban J connectivity index is 2.10. The van der Waals surface area contributed by atoms with Crippen molar-refractivity contribution in [3.63, 3.8) is 0 Å². The highest BCUT2D eigenvalue weighted by Crippen LogP contribution is 2.30. The fraction of sp³-hybridized carbons (Fsp3) is 0.467. The first kappa shape index (κ1) is 13.5. The second-order valence-corrected chi connectivity index (χ2v) is 5.43. The molecule has 0 aromatic heterocycles. The highest BCUT2D eigenvalue weighted by atomic mass is 19.1. The van der Waals surface area contributed by atoms with Gasteiger partial charge in [-0.2, -0.15) is 5.26 Å². The van der Waals surface area contributed by atoms with Crippen molar-refractivity contribution in [1.29, 1.82) is 5.26 Å². The standard InChI is InChI=1S/C15H17FN2O/c1-11-9-12(3-4-13(11)16)14(19)18-7-5-15(2,10-17)6-8-18/h3-4,9H,5-8H2,1-2H3. The molecule has 0 N–H and O–H groups in total. The first-order valence-electron chi connectivity index (χ1n) is 6.42. The molecule has 0 bridgehead atoms. The number of carbonyl (C=O) groups is 1. The Kier molecular flexibility index (Phi) is 3.57. The summed E-state index contributed by atoms with van der Waals surface area (Å²) in [6, 6.07) is 6.73. The fourth-order valence-electron chi connectivity index (χ4n) is 2.28. The van der Waals surface area contributed by atoms with Gasteiger partial charge in [-0.05, 0) is 50.5 Å². The molecule has 1 saturated heterocycles. The first-order valence-corrected chi connectivity index (χ1v) is 6.42. The summed E-state index contributed by atoms with van der Waals surface area (Å²) in [6.07, 6.45) is 1.38. The van der Waals surface area contributed by atoms with E-state index in [1.165, 1.54) is 12.1 Å². The van der Waals surface area contributed by atoms with E-state index in [2.05, 4.69) is 6.07 Å². The van der Waals surface area contributed by atoms with Crippen molar-refractivity contribution < 1.29 is 9.18 Å². The van der Waals surface area contributed by atoms with Gasteiger partial charge >= 0.3 is 0 Å². The van der Waals surface area contributed by atoms with Crippen molar-refractivity contribution in [1.82, 2.24) is 4.90 Å². The molecule has 1 aliphatic heterocycles. The van der Waals surface area contributed by atoms with Gasteiger partial charge in [-0.15, -0.1) is 0 Å². The van der Waals surface area contributed by atoms with Gasteiger partial charge in [0.15, 0.2) is 0 Å². The van der Waals surface area contributed by atoms with Crippen molar-refractivity contribution in [3.05, 3.63) is 35.1 Å². The number of hydrogen-bond donors (Lipinski definition) is 0. The molecule has 0 spiro atoms. The van der Waals surface area contributed by atoms with Gasteiger partial charge in [0.05, 0.1) is 11.5 Å². The fourth-order valence-corrected chi connectivity index (χ4v) is 2.28. The number of hydrogen-bond acceptors (Lipinski definition) is 2. The lowest BCUT2D eigenvalue weighted by molar-refractivity contribution is 0.0661. The molecule has 2 rings (SSSR count). The van der Waals surface area contributed by atoms with Crippen molar-refractivity contribution in [2.45, 2.75) is 26.7 Å². The summed E-state index contributed by atoms with van der Waals surface area (Å²) < 4.78 is 13.2. The Bertz CT molecular complexity index is 540. The van der Waals surface area contributed by atoms with Crippen molar-refractivity contribution in [3.8, 4) is 6.07 Å². The smallest absolute Gasteiger partial charge is 0.253 e. The minimum Gasteiger partial charge on any atom is -0.339 e. The maximum atomic E-state index is 13.2. The molecule has 1 amide bonds. The zero-order valence-electron chi connectivity index (χ0n) is 11.2. The molecule has 1 aromatic carbocycles.